The number of aromatic nitrogens is 4. The van der Waals surface area contributed by atoms with Crippen LogP contribution in [0.5, 0.6) is 0 Å². The van der Waals surface area contributed by atoms with Crippen LogP contribution >= 0.6 is 11.6 Å². The van der Waals surface area contributed by atoms with Crippen molar-refractivity contribution in [2.24, 2.45) is 7.05 Å². The molecule has 8 heteroatoms. The van der Waals surface area contributed by atoms with Crippen molar-refractivity contribution in [3.05, 3.63) is 35.0 Å². The first kappa shape index (κ1) is 14.3. The Morgan fingerprint density at radius 1 is 1.45 bits per heavy atom. The molecule has 0 aliphatic rings. The molecule has 2 heterocycles. The molecule has 20 heavy (non-hydrogen) atoms. The van der Waals surface area contributed by atoms with Crippen LogP contribution in [0.25, 0.3) is 0 Å². The standard InChI is InChI=1S/C12H15ClN6O/c1-3-14-10-5-8(4-9(13)17-10)12(20)15-6-11-18-16-7-19(11)2/h4-5,7H,3,6H2,1-2H3,(H,14,17)(H,15,20). The largest absolute Gasteiger partial charge is 0.370 e. The highest BCUT2D eigenvalue weighted by Crippen LogP contribution is 2.14. The van der Waals surface area contributed by atoms with E-state index in [0.29, 0.717) is 30.3 Å². The van der Waals surface area contributed by atoms with Gasteiger partial charge in [0.25, 0.3) is 5.91 Å². The molecule has 0 spiro atoms. The van der Waals surface area contributed by atoms with Crippen LogP contribution < -0.4 is 10.6 Å². The van der Waals surface area contributed by atoms with Crippen LogP contribution in [0.15, 0.2) is 18.5 Å². The van der Waals surface area contributed by atoms with Gasteiger partial charge in [0.05, 0.1) is 6.54 Å². The Bertz CT molecular complexity index is 612. The normalized spacial score (nSPS) is 10.3. The molecular weight excluding hydrogens is 280 g/mol. The van der Waals surface area contributed by atoms with E-state index in [4.69, 9.17) is 11.6 Å². The van der Waals surface area contributed by atoms with Crippen LogP contribution in [0.3, 0.4) is 0 Å². The average molecular weight is 295 g/mol. The van der Waals surface area contributed by atoms with Gasteiger partial charge in [-0.1, -0.05) is 11.6 Å². The quantitative estimate of drug-likeness (QED) is 0.810. The Labute approximate surface area is 121 Å². The predicted molar refractivity (Wildman–Crippen MR) is 75.6 cm³/mol. The van der Waals surface area contributed by atoms with Crippen molar-refractivity contribution in [3.63, 3.8) is 0 Å². The zero-order valence-corrected chi connectivity index (χ0v) is 12.0. The van der Waals surface area contributed by atoms with E-state index in [0.717, 1.165) is 0 Å². The van der Waals surface area contributed by atoms with Gasteiger partial charge in [0.15, 0.2) is 5.82 Å². The van der Waals surface area contributed by atoms with Gasteiger partial charge in [0.2, 0.25) is 0 Å². The van der Waals surface area contributed by atoms with Crippen molar-refractivity contribution >= 4 is 23.3 Å². The molecule has 2 rings (SSSR count). The third-order valence-electron chi connectivity index (χ3n) is 2.63. The molecule has 0 fully saturated rings. The van der Waals surface area contributed by atoms with Crippen LogP contribution in [0.4, 0.5) is 5.82 Å². The zero-order chi connectivity index (χ0) is 14.5. The lowest BCUT2D eigenvalue weighted by atomic mass is 10.2. The highest BCUT2D eigenvalue weighted by molar-refractivity contribution is 6.29. The van der Waals surface area contributed by atoms with E-state index in [9.17, 15) is 4.79 Å². The summed E-state index contributed by atoms with van der Waals surface area (Å²) in [6.45, 7) is 2.94. The molecule has 0 atom stereocenters. The Morgan fingerprint density at radius 2 is 2.25 bits per heavy atom. The summed E-state index contributed by atoms with van der Waals surface area (Å²) in [7, 11) is 1.81. The Morgan fingerprint density at radius 3 is 2.90 bits per heavy atom. The molecule has 2 N–H and O–H groups in total. The fourth-order valence-electron chi connectivity index (χ4n) is 1.63. The minimum Gasteiger partial charge on any atom is -0.370 e. The fourth-order valence-corrected chi connectivity index (χ4v) is 1.84. The van der Waals surface area contributed by atoms with E-state index in [-0.39, 0.29) is 11.1 Å². The smallest absolute Gasteiger partial charge is 0.251 e. The van der Waals surface area contributed by atoms with Gasteiger partial charge in [0.1, 0.15) is 17.3 Å². The number of hydrogen-bond acceptors (Lipinski definition) is 5. The van der Waals surface area contributed by atoms with Crippen LogP contribution in [0, 0.1) is 0 Å². The first-order valence-electron chi connectivity index (χ1n) is 6.12. The molecule has 0 bridgehead atoms. The summed E-state index contributed by atoms with van der Waals surface area (Å²) in [5.41, 5.74) is 0.447. The van der Waals surface area contributed by atoms with E-state index in [1.807, 2.05) is 14.0 Å². The number of amides is 1. The van der Waals surface area contributed by atoms with Gasteiger partial charge >= 0.3 is 0 Å². The molecule has 2 aromatic heterocycles. The summed E-state index contributed by atoms with van der Waals surface area (Å²) in [5.74, 6) is 1.01. The Balaban J connectivity index is 2.07. The van der Waals surface area contributed by atoms with E-state index in [1.54, 1.807) is 17.0 Å². The van der Waals surface area contributed by atoms with E-state index in [1.165, 1.54) is 6.07 Å². The first-order chi connectivity index (χ1) is 9.60. The molecule has 0 radical (unpaired) electrons. The zero-order valence-electron chi connectivity index (χ0n) is 11.2. The lowest BCUT2D eigenvalue weighted by Gasteiger charge is -2.08. The maximum atomic E-state index is 12.1. The summed E-state index contributed by atoms with van der Waals surface area (Å²) >= 11 is 5.90. The van der Waals surface area contributed by atoms with Crippen molar-refractivity contribution in [1.82, 2.24) is 25.1 Å². The number of rotatable bonds is 5. The number of nitrogens with one attached hydrogen (secondary N) is 2. The number of aryl methyl sites for hydroxylation is 1. The monoisotopic (exact) mass is 294 g/mol. The van der Waals surface area contributed by atoms with E-state index >= 15 is 0 Å². The van der Waals surface area contributed by atoms with Crippen LogP contribution in [0.2, 0.25) is 5.15 Å². The second-order valence-electron chi connectivity index (χ2n) is 4.13. The molecule has 0 aliphatic carbocycles. The molecule has 0 aromatic carbocycles. The second-order valence-corrected chi connectivity index (χ2v) is 4.52. The predicted octanol–water partition coefficient (Wildman–Crippen LogP) is 1.23. The van der Waals surface area contributed by atoms with E-state index < -0.39 is 0 Å². The third-order valence-corrected chi connectivity index (χ3v) is 2.82. The topological polar surface area (TPSA) is 84.7 Å². The first-order valence-corrected chi connectivity index (χ1v) is 6.50. The molecule has 106 valence electrons. The number of hydrogen-bond donors (Lipinski definition) is 2. The molecule has 2 aromatic rings. The van der Waals surface area contributed by atoms with Crippen molar-refractivity contribution in [2.75, 3.05) is 11.9 Å². The van der Waals surface area contributed by atoms with Gasteiger partial charge in [-0.3, -0.25) is 4.79 Å². The molecular formula is C12H15ClN6O. The summed E-state index contributed by atoms with van der Waals surface area (Å²) in [6.07, 6.45) is 1.58. The van der Waals surface area contributed by atoms with Crippen LogP contribution in [-0.2, 0) is 13.6 Å². The minimum absolute atomic E-state index is 0.239. The number of carbonyl (C=O) groups is 1. The van der Waals surface area contributed by atoms with Gasteiger partial charge < -0.3 is 15.2 Å². The second kappa shape index (κ2) is 6.33. The summed E-state index contributed by atoms with van der Waals surface area (Å²) in [5, 5.41) is 13.7. The van der Waals surface area contributed by atoms with Gasteiger partial charge in [-0.2, -0.15) is 0 Å². The van der Waals surface area contributed by atoms with Crippen LogP contribution in [0.1, 0.15) is 23.1 Å². The van der Waals surface area contributed by atoms with Crippen LogP contribution in [-0.4, -0.2) is 32.2 Å². The molecule has 1 amide bonds. The number of carbonyl (C=O) groups excluding carboxylic acids is 1. The maximum absolute atomic E-state index is 12.1. The number of anilines is 1. The lowest BCUT2D eigenvalue weighted by molar-refractivity contribution is 0.0949. The molecule has 0 aliphatic heterocycles. The Hall–Kier alpha value is -2.15. The van der Waals surface area contributed by atoms with Gasteiger partial charge in [0, 0.05) is 19.2 Å². The highest BCUT2D eigenvalue weighted by Gasteiger charge is 2.10. The molecule has 7 nitrogen and oxygen atoms in total. The molecule has 0 saturated heterocycles. The minimum atomic E-state index is -0.239. The molecule has 0 unspecified atom stereocenters. The lowest BCUT2D eigenvalue weighted by Crippen LogP contribution is -2.24. The average Bonchev–Trinajstić information content (AvgIpc) is 2.81. The summed E-state index contributed by atoms with van der Waals surface area (Å²) < 4.78 is 1.74. The maximum Gasteiger partial charge on any atom is 0.251 e. The third kappa shape index (κ3) is 3.45. The van der Waals surface area contributed by atoms with Gasteiger partial charge in [-0.15, -0.1) is 10.2 Å². The number of pyridine rings is 1. The SMILES string of the molecule is CCNc1cc(C(=O)NCc2nncn2C)cc(Cl)n1. The fraction of sp³-hybridized carbons (Fsp3) is 0.333. The van der Waals surface area contributed by atoms with Gasteiger partial charge in [-0.25, -0.2) is 4.98 Å². The summed E-state index contributed by atoms with van der Waals surface area (Å²) in [6, 6.07) is 3.18. The van der Waals surface area contributed by atoms with Crippen molar-refractivity contribution < 1.29 is 4.79 Å². The van der Waals surface area contributed by atoms with Crippen molar-refractivity contribution in [2.45, 2.75) is 13.5 Å². The summed E-state index contributed by atoms with van der Waals surface area (Å²) in [4.78, 5) is 16.2. The Kier molecular flexibility index (Phi) is 4.52. The van der Waals surface area contributed by atoms with E-state index in [2.05, 4.69) is 25.8 Å². The van der Waals surface area contributed by atoms with Crippen molar-refractivity contribution in [1.29, 1.82) is 0 Å². The molecule has 0 saturated carbocycles. The number of nitrogens with zero attached hydrogens (tertiary/aromatic N) is 4. The number of halogens is 1. The highest BCUT2D eigenvalue weighted by atomic mass is 35.5. The van der Waals surface area contributed by atoms with Gasteiger partial charge in [-0.05, 0) is 19.1 Å². The van der Waals surface area contributed by atoms with Crippen molar-refractivity contribution in [3.8, 4) is 0 Å².